The van der Waals surface area contributed by atoms with E-state index in [0.29, 0.717) is 21.6 Å². The molecule has 0 aromatic heterocycles. The fraction of sp³-hybridized carbons (Fsp3) is 0.0714. The Morgan fingerprint density at radius 2 is 1.63 bits per heavy atom. The van der Waals surface area contributed by atoms with Crippen LogP contribution in [0.25, 0.3) is 0 Å². The van der Waals surface area contributed by atoms with Gasteiger partial charge in [0.05, 0.1) is 15.6 Å². The smallest absolute Gasteiger partial charge is 0.258 e. The van der Waals surface area contributed by atoms with Crippen LogP contribution in [0.4, 0.5) is 5.69 Å². The molecule has 0 aliphatic carbocycles. The number of para-hydroxylation sites is 1. The van der Waals surface area contributed by atoms with Crippen molar-refractivity contribution in [3.8, 4) is 0 Å². The first-order valence-electron chi connectivity index (χ1n) is 5.52. The lowest BCUT2D eigenvalue weighted by atomic mass is 10.1. The number of carbonyl (C=O) groups is 1. The van der Waals surface area contributed by atoms with E-state index in [1.54, 1.807) is 24.3 Å². The predicted octanol–water partition coefficient (Wildman–Crippen LogP) is 4.98. The first-order chi connectivity index (χ1) is 9.13. The van der Waals surface area contributed by atoms with Gasteiger partial charge in [-0.25, -0.2) is 0 Å². The van der Waals surface area contributed by atoms with Crippen LogP contribution in [0.2, 0.25) is 10.0 Å². The van der Waals surface area contributed by atoms with Crippen molar-refractivity contribution in [2.24, 2.45) is 0 Å². The molecule has 2 nitrogen and oxygen atoms in total. The Morgan fingerprint density at radius 3 is 2.26 bits per heavy atom. The molecule has 0 spiro atoms. The molecule has 19 heavy (non-hydrogen) atoms. The van der Waals surface area contributed by atoms with Crippen LogP contribution in [0.5, 0.6) is 0 Å². The molecule has 0 bridgehead atoms. The van der Waals surface area contributed by atoms with E-state index in [9.17, 15) is 4.79 Å². The van der Waals surface area contributed by atoms with Gasteiger partial charge >= 0.3 is 0 Å². The van der Waals surface area contributed by atoms with Gasteiger partial charge in [-0.15, -0.1) is 11.6 Å². The molecule has 0 unspecified atom stereocenters. The number of benzene rings is 2. The van der Waals surface area contributed by atoms with Gasteiger partial charge in [0.2, 0.25) is 0 Å². The molecule has 98 valence electrons. The van der Waals surface area contributed by atoms with Gasteiger partial charge in [0.15, 0.2) is 0 Å². The van der Waals surface area contributed by atoms with Gasteiger partial charge in [-0.2, -0.15) is 0 Å². The Hall–Kier alpha value is -1.22. The van der Waals surface area contributed by atoms with Gasteiger partial charge in [-0.05, 0) is 23.8 Å². The number of amides is 1. The molecule has 2 aromatic carbocycles. The average Bonchev–Trinajstić information content (AvgIpc) is 2.39. The SMILES string of the molecule is O=C(Nc1ccccc1CCl)c1c(Cl)cccc1Cl. The Morgan fingerprint density at radius 1 is 1.00 bits per heavy atom. The van der Waals surface area contributed by atoms with Crippen molar-refractivity contribution in [3.05, 3.63) is 63.6 Å². The molecule has 0 saturated carbocycles. The number of halogens is 3. The van der Waals surface area contributed by atoms with E-state index in [4.69, 9.17) is 34.8 Å². The topological polar surface area (TPSA) is 29.1 Å². The van der Waals surface area contributed by atoms with Crippen LogP contribution < -0.4 is 5.32 Å². The maximum Gasteiger partial charge on any atom is 0.258 e. The minimum Gasteiger partial charge on any atom is -0.322 e. The van der Waals surface area contributed by atoms with Crippen LogP contribution in [-0.4, -0.2) is 5.91 Å². The third kappa shape index (κ3) is 3.21. The molecule has 0 aliphatic heterocycles. The van der Waals surface area contributed by atoms with Crippen molar-refractivity contribution in [3.63, 3.8) is 0 Å². The van der Waals surface area contributed by atoms with Gasteiger partial charge in [0.1, 0.15) is 0 Å². The van der Waals surface area contributed by atoms with Gasteiger partial charge in [0, 0.05) is 11.6 Å². The molecular formula is C14H10Cl3NO. The first-order valence-corrected chi connectivity index (χ1v) is 6.81. The van der Waals surface area contributed by atoms with Crippen molar-refractivity contribution in [1.29, 1.82) is 0 Å². The zero-order chi connectivity index (χ0) is 13.8. The highest BCUT2D eigenvalue weighted by Gasteiger charge is 2.15. The summed E-state index contributed by atoms with van der Waals surface area (Å²) in [5.74, 6) is -0.0413. The van der Waals surface area contributed by atoms with E-state index in [1.165, 1.54) is 0 Å². The first kappa shape index (κ1) is 14.2. The molecule has 1 N–H and O–H groups in total. The summed E-state index contributed by atoms with van der Waals surface area (Å²) >= 11 is 17.8. The number of rotatable bonds is 3. The third-order valence-electron chi connectivity index (χ3n) is 2.60. The predicted molar refractivity (Wildman–Crippen MR) is 80.4 cm³/mol. The van der Waals surface area contributed by atoms with Crippen molar-refractivity contribution in [1.82, 2.24) is 0 Å². The Balaban J connectivity index is 2.31. The largest absolute Gasteiger partial charge is 0.322 e. The maximum absolute atomic E-state index is 12.2. The zero-order valence-corrected chi connectivity index (χ0v) is 12.1. The lowest BCUT2D eigenvalue weighted by Gasteiger charge is -2.11. The summed E-state index contributed by atoms with van der Waals surface area (Å²) in [6.07, 6.45) is 0. The van der Waals surface area contributed by atoms with Crippen LogP contribution in [-0.2, 0) is 5.88 Å². The standard InChI is InChI=1S/C14H10Cl3NO/c15-8-9-4-1-2-7-12(9)18-14(19)13-10(16)5-3-6-11(13)17/h1-7H,8H2,(H,18,19). The number of anilines is 1. The van der Waals surface area contributed by atoms with E-state index in [2.05, 4.69) is 5.32 Å². The van der Waals surface area contributed by atoms with Gasteiger partial charge in [0.25, 0.3) is 5.91 Å². The van der Waals surface area contributed by atoms with Crippen LogP contribution in [0.3, 0.4) is 0 Å². The molecule has 0 fully saturated rings. The average molecular weight is 315 g/mol. The highest BCUT2D eigenvalue weighted by molar-refractivity contribution is 6.40. The quantitative estimate of drug-likeness (QED) is 0.795. The molecule has 2 aromatic rings. The van der Waals surface area contributed by atoms with Crippen molar-refractivity contribution < 1.29 is 4.79 Å². The summed E-state index contributed by atoms with van der Waals surface area (Å²) < 4.78 is 0. The molecule has 0 saturated heterocycles. The van der Waals surface area contributed by atoms with E-state index < -0.39 is 0 Å². The Labute approximate surface area is 126 Å². The van der Waals surface area contributed by atoms with E-state index in [-0.39, 0.29) is 11.5 Å². The summed E-state index contributed by atoms with van der Waals surface area (Å²) in [5, 5.41) is 3.39. The molecule has 1 amide bonds. The van der Waals surface area contributed by atoms with Crippen molar-refractivity contribution in [2.45, 2.75) is 5.88 Å². The van der Waals surface area contributed by atoms with Crippen LogP contribution in [0, 0.1) is 0 Å². The summed E-state index contributed by atoms with van der Waals surface area (Å²) in [5.41, 5.74) is 1.74. The lowest BCUT2D eigenvalue weighted by Crippen LogP contribution is -2.14. The summed E-state index contributed by atoms with van der Waals surface area (Å²) in [6.45, 7) is 0. The zero-order valence-electron chi connectivity index (χ0n) is 9.79. The Bertz CT molecular complexity index is 593. The highest BCUT2D eigenvalue weighted by atomic mass is 35.5. The second-order valence-electron chi connectivity index (χ2n) is 3.84. The summed E-state index contributed by atoms with van der Waals surface area (Å²) in [7, 11) is 0. The molecule has 0 heterocycles. The highest BCUT2D eigenvalue weighted by Crippen LogP contribution is 2.26. The van der Waals surface area contributed by atoms with Crippen molar-refractivity contribution >= 4 is 46.4 Å². The second-order valence-corrected chi connectivity index (χ2v) is 4.92. The second kappa shape index (κ2) is 6.29. The monoisotopic (exact) mass is 313 g/mol. The number of hydrogen-bond donors (Lipinski definition) is 1. The van der Waals surface area contributed by atoms with Crippen LogP contribution >= 0.6 is 34.8 Å². The lowest BCUT2D eigenvalue weighted by molar-refractivity contribution is 0.102. The van der Waals surface area contributed by atoms with Gasteiger partial charge < -0.3 is 5.32 Å². The molecule has 0 aliphatic rings. The fourth-order valence-electron chi connectivity index (χ4n) is 1.66. The molecule has 2 rings (SSSR count). The van der Waals surface area contributed by atoms with Gasteiger partial charge in [-0.1, -0.05) is 47.5 Å². The minimum absolute atomic E-state index is 0.259. The maximum atomic E-state index is 12.2. The van der Waals surface area contributed by atoms with E-state index in [0.717, 1.165) is 5.56 Å². The van der Waals surface area contributed by atoms with Gasteiger partial charge in [-0.3, -0.25) is 4.79 Å². The molecule has 5 heteroatoms. The minimum atomic E-state index is -0.354. The fourth-order valence-corrected chi connectivity index (χ4v) is 2.46. The van der Waals surface area contributed by atoms with Crippen LogP contribution in [0.15, 0.2) is 42.5 Å². The molecule has 0 radical (unpaired) electrons. The number of nitrogens with one attached hydrogen (secondary N) is 1. The number of carbonyl (C=O) groups excluding carboxylic acids is 1. The molecular weight excluding hydrogens is 305 g/mol. The Kier molecular flexibility index (Phi) is 4.70. The van der Waals surface area contributed by atoms with Crippen molar-refractivity contribution in [2.75, 3.05) is 5.32 Å². The summed E-state index contributed by atoms with van der Waals surface area (Å²) in [6, 6.07) is 12.2. The van der Waals surface area contributed by atoms with Crippen LogP contribution in [0.1, 0.15) is 15.9 Å². The van der Waals surface area contributed by atoms with E-state index in [1.807, 2.05) is 18.2 Å². The number of alkyl halides is 1. The third-order valence-corrected chi connectivity index (χ3v) is 3.52. The summed E-state index contributed by atoms with van der Waals surface area (Å²) in [4.78, 5) is 12.2. The van der Waals surface area contributed by atoms with E-state index >= 15 is 0 Å². The normalized spacial score (nSPS) is 10.3. The molecule has 0 atom stereocenters. The number of hydrogen-bond acceptors (Lipinski definition) is 1.